The van der Waals surface area contributed by atoms with Crippen molar-refractivity contribution >= 4 is 39.6 Å². The minimum absolute atomic E-state index is 0.0171. The molecule has 1 N–H and O–H groups in total. The smallest absolute Gasteiger partial charge is 0.328 e. The van der Waals surface area contributed by atoms with E-state index in [1.807, 2.05) is 6.92 Å². The van der Waals surface area contributed by atoms with Crippen molar-refractivity contribution in [3.05, 3.63) is 67.8 Å². The number of carbonyl (C=O) groups excluding carboxylic acids is 2. The molecule has 0 aliphatic carbocycles. The van der Waals surface area contributed by atoms with E-state index in [0.717, 1.165) is 4.90 Å². The fraction of sp³-hybridized carbons (Fsp3) is 0.238. The highest BCUT2D eigenvalue weighted by Crippen LogP contribution is 2.38. The summed E-state index contributed by atoms with van der Waals surface area (Å²) in [5.74, 6) is 0.457. The average molecular weight is 490 g/mol. The Hall–Kier alpha value is -3.40. The molecule has 1 aliphatic heterocycles. The van der Waals surface area contributed by atoms with Crippen LogP contribution in [0.5, 0.6) is 11.5 Å². The number of benzene rings is 2. The summed E-state index contributed by atoms with van der Waals surface area (Å²) in [4.78, 5) is 35.8. The molecule has 10 heteroatoms. The van der Waals surface area contributed by atoms with Gasteiger partial charge in [0.25, 0.3) is 11.6 Å². The van der Waals surface area contributed by atoms with Crippen molar-refractivity contribution in [3.8, 4) is 11.5 Å². The van der Waals surface area contributed by atoms with E-state index >= 15 is 0 Å². The molecule has 3 rings (SSSR count). The van der Waals surface area contributed by atoms with Gasteiger partial charge in [-0.2, -0.15) is 0 Å². The second-order valence-electron chi connectivity index (χ2n) is 6.52. The van der Waals surface area contributed by atoms with Crippen LogP contribution >= 0.6 is 15.9 Å². The lowest BCUT2D eigenvalue weighted by atomic mass is 10.1. The Balaban J connectivity index is 1.86. The van der Waals surface area contributed by atoms with Gasteiger partial charge in [0.2, 0.25) is 0 Å². The van der Waals surface area contributed by atoms with Crippen molar-refractivity contribution in [2.24, 2.45) is 0 Å². The Morgan fingerprint density at radius 2 is 1.97 bits per heavy atom. The molecule has 0 spiro atoms. The molecular weight excluding hydrogens is 470 g/mol. The molecule has 31 heavy (non-hydrogen) atoms. The standard InChI is InChI=1S/C21H20BrN3O6/c1-3-24-20(26)17(23-21(24)27)10-14-9-16(22)19(18(11-14)30-4-2)31-12-13-6-5-7-15(8-13)25(28)29/h5-11H,3-4,12H2,1-2H3,(H,23,27)/b17-10-. The monoisotopic (exact) mass is 489 g/mol. The third-order valence-corrected chi connectivity index (χ3v) is 5.01. The molecule has 162 valence electrons. The maximum Gasteiger partial charge on any atom is 0.328 e. The van der Waals surface area contributed by atoms with Gasteiger partial charge < -0.3 is 14.8 Å². The van der Waals surface area contributed by atoms with Gasteiger partial charge in [-0.25, -0.2) is 4.79 Å². The third-order valence-electron chi connectivity index (χ3n) is 4.43. The number of nitrogens with one attached hydrogen (secondary N) is 1. The number of hydrogen-bond acceptors (Lipinski definition) is 6. The number of non-ortho nitro benzene ring substituents is 1. The van der Waals surface area contributed by atoms with Crippen molar-refractivity contribution in [2.45, 2.75) is 20.5 Å². The molecule has 1 heterocycles. The number of rotatable bonds is 8. The molecule has 0 aromatic heterocycles. The van der Waals surface area contributed by atoms with E-state index in [0.29, 0.717) is 33.7 Å². The van der Waals surface area contributed by atoms with Crippen molar-refractivity contribution in [1.82, 2.24) is 10.2 Å². The molecular formula is C21H20BrN3O6. The number of nitrogens with zero attached hydrogens (tertiary/aromatic N) is 2. The maximum atomic E-state index is 12.3. The summed E-state index contributed by atoms with van der Waals surface area (Å²) in [5.41, 5.74) is 1.41. The van der Waals surface area contributed by atoms with Crippen LogP contribution in [-0.2, 0) is 11.4 Å². The molecule has 0 radical (unpaired) electrons. The number of ether oxygens (including phenoxy) is 2. The first-order valence-corrected chi connectivity index (χ1v) is 10.3. The lowest BCUT2D eigenvalue weighted by Crippen LogP contribution is -2.30. The van der Waals surface area contributed by atoms with E-state index in [9.17, 15) is 19.7 Å². The summed E-state index contributed by atoms with van der Waals surface area (Å²) < 4.78 is 12.1. The van der Waals surface area contributed by atoms with Gasteiger partial charge in [0.1, 0.15) is 12.3 Å². The first kappa shape index (κ1) is 22.3. The van der Waals surface area contributed by atoms with Gasteiger partial charge in [-0.1, -0.05) is 12.1 Å². The number of nitro benzene ring substituents is 1. The van der Waals surface area contributed by atoms with Crippen LogP contribution in [0.25, 0.3) is 6.08 Å². The SMILES string of the molecule is CCOc1cc(/C=C2\NC(=O)N(CC)C2=O)cc(Br)c1OCc1cccc([N+](=O)[O-])c1. The van der Waals surface area contributed by atoms with Crippen LogP contribution in [0.4, 0.5) is 10.5 Å². The molecule has 9 nitrogen and oxygen atoms in total. The van der Waals surface area contributed by atoms with Crippen LogP contribution in [0, 0.1) is 10.1 Å². The number of halogens is 1. The van der Waals surface area contributed by atoms with Crippen molar-refractivity contribution < 1.29 is 24.0 Å². The minimum atomic E-state index is -0.462. The number of likely N-dealkylation sites (N-methyl/N-ethyl adjacent to an activating group) is 1. The number of imide groups is 1. The molecule has 0 saturated carbocycles. The second kappa shape index (κ2) is 9.61. The van der Waals surface area contributed by atoms with Crippen molar-refractivity contribution in [3.63, 3.8) is 0 Å². The highest BCUT2D eigenvalue weighted by molar-refractivity contribution is 9.10. The lowest BCUT2D eigenvalue weighted by Gasteiger charge is -2.15. The van der Waals surface area contributed by atoms with Gasteiger partial charge in [0, 0.05) is 18.7 Å². The molecule has 2 aromatic rings. The van der Waals surface area contributed by atoms with Gasteiger partial charge >= 0.3 is 6.03 Å². The lowest BCUT2D eigenvalue weighted by molar-refractivity contribution is -0.384. The Labute approximate surface area is 186 Å². The molecule has 0 bridgehead atoms. The quantitative estimate of drug-likeness (QED) is 0.256. The largest absolute Gasteiger partial charge is 0.490 e. The Kier molecular flexibility index (Phi) is 6.91. The zero-order valence-electron chi connectivity index (χ0n) is 16.9. The van der Waals surface area contributed by atoms with E-state index < -0.39 is 16.9 Å². The first-order chi connectivity index (χ1) is 14.8. The van der Waals surface area contributed by atoms with E-state index in [-0.39, 0.29) is 24.5 Å². The average Bonchev–Trinajstić information content (AvgIpc) is 3.00. The van der Waals surface area contributed by atoms with Crippen LogP contribution in [-0.4, -0.2) is 34.9 Å². The van der Waals surface area contributed by atoms with Crippen LogP contribution < -0.4 is 14.8 Å². The van der Waals surface area contributed by atoms with Crippen molar-refractivity contribution in [2.75, 3.05) is 13.2 Å². The van der Waals surface area contributed by atoms with E-state index in [1.54, 1.807) is 37.3 Å². The van der Waals surface area contributed by atoms with E-state index in [4.69, 9.17) is 9.47 Å². The number of hydrogen-bond donors (Lipinski definition) is 1. The van der Waals surface area contributed by atoms with Gasteiger partial charge in [-0.05, 0) is 59.1 Å². The van der Waals surface area contributed by atoms with E-state index in [2.05, 4.69) is 21.2 Å². The van der Waals surface area contributed by atoms with E-state index in [1.165, 1.54) is 12.1 Å². The normalized spacial score (nSPS) is 14.7. The Bertz CT molecular complexity index is 1070. The summed E-state index contributed by atoms with van der Waals surface area (Å²) in [7, 11) is 0. The summed E-state index contributed by atoms with van der Waals surface area (Å²) in [5, 5.41) is 13.5. The zero-order chi connectivity index (χ0) is 22.5. The number of amides is 3. The third kappa shape index (κ3) is 5.02. The van der Waals surface area contributed by atoms with Crippen LogP contribution in [0.2, 0.25) is 0 Å². The maximum absolute atomic E-state index is 12.3. The fourth-order valence-corrected chi connectivity index (χ4v) is 3.59. The van der Waals surface area contributed by atoms with Crippen LogP contribution in [0.3, 0.4) is 0 Å². The number of carbonyl (C=O) groups is 2. The number of urea groups is 1. The summed E-state index contributed by atoms with van der Waals surface area (Å²) in [6.45, 7) is 4.29. The summed E-state index contributed by atoms with van der Waals surface area (Å²) in [6, 6.07) is 9.15. The molecule has 0 unspecified atom stereocenters. The second-order valence-corrected chi connectivity index (χ2v) is 7.37. The van der Waals surface area contributed by atoms with Crippen molar-refractivity contribution in [1.29, 1.82) is 0 Å². The molecule has 2 aromatic carbocycles. The topological polar surface area (TPSA) is 111 Å². The summed E-state index contributed by atoms with van der Waals surface area (Å²) in [6.07, 6.45) is 1.56. The predicted octanol–water partition coefficient (Wildman–Crippen LogP) is 4.25. The molecule has 3 amide bonds. The fourth-order valence-electron chi connectivity index (χ4n) is 3.02. The van der Waals surface area contributed by atoms with Crippen LogP contribution in [0.15, 0.2) is 46.6 Å². The highest BCUT2D eigenvalue weighted by atomic mass is 79.9. The number of nitro groups is 1. The van der Waals surface area contributed by atoms with Gasteiger partial charge in [-0.3, -0.25) is 19.8 Å². The molecule has 0 atom stereocenters. The molecule has 1 aliphatic rings. The Morgan fingerprint density at radius 1 is 1.19 bits per heavy atom. The zero-order valence-corrected chi connectivity index (χ0v) is 18.5. The van der Waals surface area contributed by atoms with Crippen LogP contribution in [0.1, 0.15) is 25.0 Å². The predicted molar refractivity (Wildman–Crippen MR) is 117 cm³/mol. The Morgan fingerprint density at radius 3 is 2.61 bits per heavy atom. The van der Waals surface area contributed by atoms with Gasteiger partial charge in [-0.15, -0.1) is 0 Å². The van der Waals surface area contributed by atoms with Gasteiger partial charge in [0.05, 0.1) is 16.0 Å². The minimum Gasteiger partial charge on any atom is -0.490 e. The van der Waals surface area contributed by atoms with Gasteiger partial charge in [0.15, 0.2) is 11.5 Å². The first-order valence-electron chi connectivity index (χ1n) is 9.51. The highest BCUT2D eigenvalue weighted by Gasteiger charge is 2.32. The molecule has 1 saturated heterocycles. The molecule has 1 fully saturated rings. The summed E-state index contributed by atoms with van der Waals surface area (Å²) >= 11 is 3.46.